The van der Waals surface area contributed by atoms with Crippen LogP contribution in [-0.2, 0) is 0 Å². The summed E-state index contributed by atoms with van der Waals surface area (Å²) in [6.07, 6.45) is 0.919. The second-order valence-corrected chi connectivity index (χ2v) is 5.26. The minimum Gasteiger partial charge on any atom is -0.349 e. The molecule has 0 saturated carbocycles. The number of amides is 1. The Morgan fingerprint density at radius 1 is 1.28 bits per heavy atom. The van der Waals surface area contributed by atoms with Crippen molar-refractivity contribution in [1.82, 2.24) is 10.6 Å². The molecule has 1 atom stereocenters. The van der Waals surface area contributed by atoms with Crippen LogP contribution in [0.15, 0.2) is 12.1 Å². The molecule has 0 spiro atoms. The molecule has 4 nitrogen and oxygen atoms in total. The highest BCUT2D eigenvalue weighted by Crippen LogP contribution is 2.36. The Kier molecular flexibility index (Phi) is 3.09. The van der Waals surface area contributed by atoms with Crippen LogP contribution < -0.4 is 15.5 Å². The number of benzene rings is 1. The highest BCUT2D eigenvalue weighted by atomic mass is 35.5. The Balaban J connectivity index is 2.11. The van der Waals surface area contributed by atoms with Crippen LogP contribution in [0, 0.1) is 0 Å². The lowest BCUT2D eigenvalue weighted by Crippen LogP contribution is -2.53. The van der Waals surface area contributed by atoms with Crippen molar-refractivity contribution in [2.45, 2.75) is 12.6 Å². The van der Waals surface area contributed by atoms with E-state index >= 15 is 0 Å². The second kappa shape index (κ2) is 4.61. The Hall–Kier alpha value is -0.970. The van der Waals surface area contributed by atoms with Gasteiger partial charge >= 0.3 is 0 Å². The van der Waals surface area contributed by atoms with Crippen molar-refractivity contribution in [3.63, 3.8) is 0 Å². The SMILES string of the molecule is O=C1NC2CCNCCN2c2ccc(Cl)c(Cl)c21. The first-order valence-electron chi connectivity index (χ1n) is 5.94. The van der Waals surface area contributed by atoms with Crippen LogP contribution in [0.3, 0.4) is 0 Å². The number of nitrogens with zero attached hydrogens (tertiary/aromatic N) is 1. The molecule has 0 aromatic heterocycles. The Morgan fingerprint density at radius 3 is 2.94 bits per heavy atom. The van der Waals surface area contributed by atoms with E-state index in [0.717, 1.165) is 31.7 Å². The smallest absolute Gasteiger partial charge is 0.256 e. The summed E-state index contributed by atoms with van der Waals surface area (Å²) in [6, 6.07) is 3.62. The Morgan fingerprint density at radius 2 is 2.11 bits per heavy atom. The minimum atomic E-state index is -0.138. The molecule has 1 saturated heterocycles. The van der Waals surface area contributed by atoms with Gasteiger partial charge in [0.25, 0.3) is 5.91 Å². The summed E-state index contributed by atoms with van der Waals surface area (Å²) in [5, 5.41) is 7.06. The number of anilines is 1. The van der Waals surface area contributed by atoms with E-state index in [1.165, 1.54) is 0 Å². The van der Waals surface area contributed by atoms with Crippen molar-refractivity contribution < 1.29 is 4.79 Å². The topological polar surface area (TPSA) is 44.4 Å². The molecule has 18 heavy (non-hydrogen) atoms. The van der Waals surface area contributed by atoms with Crippen molar-refractivity contribution in [1.29, 1.82) is 0 Å². The fourth-order valence-electron chi connectivity index (χ4n) is 2.53. The van der Waals surface area contributed by atoms with Crippen LogP contribution >= 0.6 is 23.2 Å². The van der Waals surface area contributed by atoms with Crippen LogP contribution in [-0.4, -0.2) is 31.7 Å². The van der Waals surface area contributed by atoms with Crippen LogP contribution in [0.1, 0.15) is 16.8 Å². The highest BCUT2D eigenvalue weighted by molar-refractivity contribution is 6.44. The van der Waals surface area contributed by atoms with Gasteiger partial charge in [-0.05, 0) is 25.1 Å². The molecule has 3 rings (SSSR count). The van der Waals surface area contributed by atoms with Crippen LogP contribution in [0.2, 0.25) is 10.0 Å². The average Bonchev–Trinajstić information content (AvgIpc) is 2.58. The number of halogens is 2. The number of fused-ring (bicyclic) bond motifs is 3. The van der Waals surface area contributed by atoms with E-state index in [1.54, 1.807) is 6.07 Å². The molecule has 96 valence electrons. The van der Waals surface area contributed by atoms with Crippen molar-refractivity contribution >= 4 is 34.8 Å². The predicted octanol–water partition coefficient (Wildman–Crippen LogP) is 1.86. The Bertz CT molecular complexity index is 506. The Labute approximate surface area is 115 Å². The first-order chi connectivity index (χ1) is 8.68. The summed E-state index contributed by atoms with van der Waals surface area (Å²) < 4.78 is 0. The van der Waals surface area contributed by atoms with E-state index in [0.29, 0.717) is 15.6 Å². The van der Waals surface area contributed by atoms with Gasteiger partial charge < -0.3 is 15.5 Å². The van der Waals surface area contributed by atoms with Crippen LogP contribution in [0.25, 0.3) is 0 Å². The third kappa shape index (κ3) is 1.85. The third-order valence-electron chi connectivity index (χ3n) is 3.41. The normalized spacial score (nSPS) is 22.9. The molecule has 1 fully saturated rings. The van der Waals surface area contributed by atoms with Gasteiger partial charge in [-0.2, -0.15) is 0 Å². The fraction of sp³-hybridized carbons (Fsp3) is 0.417. The zero-order chi connectivity index (χ0) is 12.7. The maximum atomic E-state index is 12.1. The van der Waals surface area contributed by atoms with Crippen molar-refractivity contribution in [2.24, 2.45) is 0 Å². The predicted molar refractivity (Wildman–Crippen MR) is 72.5 cm³/mol. The number of hydrogen-bond acceptors (Lipinski definition) is 3. The zero-order valence-electron chi connectivity index (χ0n) is 9.67. The van der Waals surface area contributed by atoms with Crippen molar-refractivity contribution in [3.05, 3.63) is 27.7 Å². The molecule has 1 aromatic rings. The van der Waals surface area contributed by atoms with Crippen molar-refractivity contribution in [2.75, 3.05) is 24.5 Å². The molecule has 6 heteroatoms. The van der Waals surface area contributed by atoms with E-state index in [9.17, 15) is 4.79 Å². The maximum Gasteiger partial charge on any atom is 0.256 e. The van der Waals surface area contributed by atoms with Crippen LogP contribution in [0.4, 0.5) is 5.69 Å². The van der Waals surface area contributed by atoms with Gasteiger partial charge in [0.05, 0.1) is 21.3 Å². The van der Waals surface area contributed by atoms with E-state index in [2.05, 4.69) is 15.5 Å². The quantitative estimate of drug-likeness (QED) is 0.765. The number of carbonyl (C=O) groups excluding carboxylic acids is 1. The monoisotopic (exact) mass is 285 g/mol. The number of hydrogen-bond donors (Lipinski definition) is 2. The highest BCUT2D eigenvalue weighted by Gasteiger charge is 2.33. The number of rotatable bonds is 0. The molecular formula is C12H13Cl2N3O. The van der Waals surface area contributed by atoms with Gasteiger partial charge in [-0.25, -0.2) is 0 Å². The second-order valence-electron chi connectivity index (χ2n) is 4.48. The summed E-state index contributed by atoms with van der Waals surface area (Å²) in [5.74, 6) is -0.138. The summed E-state index contributed by atoms with van der Waals surface area (Å²) in [7, 11) is 0. The molecule has 2 heterocycles. The molecule has 0 bridgehead atoms. The van der Waals surface area contributed by atoms with Crippen molar-refractivity contribution in [3.8, 4) is 0 Å². The van der Waals surface area contributed by atoms with Gasteiger partial charge in [-0.3, -0.25) is 4.79 Å². The molecule has 2 N–H and O–H groups in total. The van der Waals surface area contributed by atoms with E-state index in [1.807, 2.05) is 6.07 Å². The molecule has 0 radical (unpaired) electrons. The van der Waals surface area contributed by atoms with Gasteiger partial charge in [0, 0.05) is 13.1 Å². The standard InChI is InChI=1S/C12H13Cl2N3O/c13-7-1-2-8-10(11(7)14)12(18)16-9-3-4-15-5-6-17(8)9/h1-2,9,15H,3-6H2,(H,16,18). The summed E-state index contributed by atoms with van der Waals surface area (Å²) in [5.41, 5.74) is 1.36. The van der Waals surface area contributed by atoms with E-state index < -0.39 is 0 Å². The van der Waals surface area contributed by atoms with Gasteiger partial charge in [-0.15, -0.1) is 0 Å². The molecule has 0 aliphatic carbocycles. The first kappa shape index (κ1) is 12.1. The third-order valence-corrected chi connectivity index (χ3v) is 4.21. The molecule has 2 aliphatic rings. The molecular weight excluding hydrogens is 273 g/mol. The largest absolute Gasteiger partial charge is 0.349 e. The summed E-state index contributed by atoms with van der Waals surface area (Å²) >= 11 is 12.1. The van der Waals surface area contributed by atoms with E-state index in [4.69, 9.17) is 23.2 Å². The molecule has 1 unspecified atom stereocenters. The van der Waals surface area contributed by atoms with Gasteiger partial charge in [0.2, 0.25) is 0 Å². The average molecular weight is 286 g/mol. The van der Waals surface area contributed by atoms with Gasteiger partial charge in [-0.1, -0.05) is 23.2 Å². The van der Waals surface area contributed by atoms with Gasteiger partial charge in [0.15, 0.2) is 0 Å². The van der Waals surface area contributed by atoms with Crippen LogP contribution in [0.5, 0.6) is 0 Å². The minimum absolute atomic E-state index is 0.0391. The summed E-state index contributed by atoms with van der Waals surface area (Å²) in [4.78, 5) is 14.3. The molecule has 2 aliphatic heterocycles. The number of nitrogens with one attached hydrogen (secondary N) is 2. The van der Waals surface area contributed by atoms with Gasteiger partial charge in [0.1, 0.15) is 6.17 Å². The lowest BCUT2D eigenvalue weighted by atomic mass is 10.1. The fourth-order valence-corrected chi connectivity index (χ4v) is 2.94. The molecule has 1 aromatic carbocycles. The first-order valence-corrected chi connectivity index (χ1v) is 6.70. The lowest BCUT2D eigenvalue weighted by molar-refractivity contribution is 0.0926. The summed E-state index contributed by atoms with van der Waals surface area (Å²) in [6.45, 7) is 2.64. The molecule has 1 amide bonds. The lowest BCUT2D eigenvalue weighted by Gasteiger charge is -2.38. The maximum absolute atomic E-state index is 12.1. The zero-order valence-corrected chi connectivity index (χ0v) is 11.2. The van der Waals surface area contributed by atoms with E-state index in [-0.39, 0.29) is 12.1 Å². The number of carbonyl (C=O) groups is 1.